The van der Waals surface area contributed by atoms with Crippen molar-refractivity contribution in [3.8, 4) is 18.1 Å². The van der Waals surface area contributed by atoms with Crippen molar-refractivity contribution in [1.29, 1.82) is 0 Å². The second kappa shape index (κ2) is 4.98. The Bertz CT molecular complexity index is 554. The highest BCUT2D eigenvalue weighted by atomic mass is 16.5. The fraction of sp³-hybridized carbons (Fsp3) is 0.579. The van der Waals surface area contributed by atoms with Crippen molar-refractivity contribution >= 4 is 5.69 Å². The quantitative estimate of drug-likeness (QED) is 0.774. The Kier molecular flexibility index (Phi) is 3.40. The maximum Gasteiger partial charge on any atom is 0.148 e. The molecule has 0 spiro atoms. The minimum absolute atomic E-state index is 0.331. The van der Waals surface area contributed by atoms with E-state index in [1.807, 2.05) is 12.1 Å². The van der Waals surface area contributed by atoms with Gasteiger partial charge in [-0.2, -0.15) is 0 Å². The molecule has 1 aliphatic carbocycles. The summed E-state index contributed by atoms with van der Waals surface area (Å²) in [5, 5.41) is 0. The van der Waals surface area contributed by atoms with Crippen LogP contribution in [0.1, 0.15) is 40.0 Å². The van der Waals surface area contributed by atoms with Crippen LogP contribution in [-0.4, -0.2) is 19.2 Å². The Morgan fingerprint density at radius 2 is 1.95 bits per heavy atom. The first-order valence-corrected chi connectivity index (χ1v) is 7.84. The third-order valence-corrected chi connectivity index (χ3v) is 4.91. The molecule has 2 unspecified atom stereocenters. The van der Waals surface area contributed by atoms with Crippen molar-refractivity contribution in [3.63, 3.8) is 0 Å². The lowest BCUT2D eigenvalue weighted by Crippen LogP contribution is -2.34. The third kappa shape index (κ3) is 2.88. The number of hydrogen-bond donors (Lipinski definition) is 0. The van der Waals surface area contributed by atoms with E-state index in [-0.39, 0.29) is 0 Å². The molecule has 2 fully saturated rings. The van der Waals surface area contributed by atoms with E-state index in [0.717, 1.165) is 5.75 Å². The molecule has 1 aromatic carbocycles. The monoisotopic (exact) mass is 283 g/mol. The molecule has 2 bridgehead atoms. The lowest BCUT2D eigenvalue weighted by atomic mass is 9.65. The molecule has 2 aliphatic rings. The Labute approximate surface area is 128 Å². The molecule has 0 N–H and O–H groups in total. The maximum atomic E-state index is 5.46. The Hall–Kier alpha value is -1.62. The average molecular weight is 283 g/mol. The molecule has 2 heteroatoms. The van der Waals surface area contributed by atoms with E-state index in [4.69, 9.17) is 11.2 Å². The van der Waals surface area contributed by atoms with Gasteiger partial charge in [0.1, 0.15) is 12.4 Å². The van der Waals surface area contributed by atoms with Crippen molar-refractivity contribution in [1.82, 2.24) is 0 Å². The highest BCUT2D eigenvalue weighted by molar-refractivity contribution is 5.52. The minimum atomic E-state index is 0.331. The van der Waals surface area contributed by atoms with Crippen LogP contribution in [0.15, 0.2) is 24.3 Å². The normalized spacial score (nSPS) is 30.0. The minimum Gasteiger partial charge on any atom is -0.481 e. The summed E-state index contributed by atoms with van der Waals surface area (Å²) >= 11 is 0. The van der Waals surface area contributed by atoms with Crippen LogP contribution in [0, 0.1) is 23.2 Å². The van der Waals surface area contributed by atoms with Gasteiger partial charge in [0.2, 0.25) is 0 Å². The van der Waals surface area contributed by atoms with E-state index < -0.39 is 0 Å². The number of hydrogen-bond acceptors (Lipinski definition) is 2. The van der Waals surface area contributed by atoms with E-state index in [0.29, 0.717) is 23.5 Å². The largest absolute Gasteiger partial charge is 0.481 e. The molecule has 2 nitrogen and oxygen atoms in total. The van der Waals surface area contributed by atoms with Gasteiger partial charge in [0, 0.05) is 18.3 Å². The number of terminal acetylenes is 1. The zero-order valence-electron chi connectivity index (χ0n) is 13.4. The molecule has 1 saturated heterocycles. The topological polar surface area (TPSA) is 12.5 Å². The van der Waals surface area contributed by atoms with E-state index in [1.54, 1.807) is 0 Å². The first-order valence-electron chi connectivity index (χ1n) is 7.84. The molecule has 1 saturated carbocycles. The van der Waals surface area contributed by atoms with Gasteiger partial charge in [-0.3, -0.25) is 0 Å². The lowest BCUT2D eigenvalue weighted by molar-refractivity contribution is 0.136. The van der Waals surface area contributed by atoms with Gasteiger partial charge in [-0.05, 0) is 54.4 Å². The van der Waals surface area contributed by atoms with Gasteiger partial charge in [0.25, 0.3) is 0 Å². The van der Waals surface area contributed by atoms with Gasteiger partial charge >= 0.3 is 0 Å². The van der Waals surface area contributed by atoms with Gasteiger partial charge in [-0.15, -0.1) is 6.42 Å². The molecule has 1 heterocycles. The van der Waals surface area contributed by atoms with Crippen molar-refractivity contribution in [3.05, 3.63) is 24.3 Å². The van der Waals surface area contributed by atoms with Crippen LogP contribution in [0.4, 0.5) is 5.69 Å². The molecule has 0 aromatic heterocycles. The number of ether oxygens (including phenoxy) is 1. The summed E-state index contributed by atoms with van der Waals surface area (Å²) in [6, 6.07) is 9.08. The van der Waals surface area contributed by atoms with Crippen molar-refractivity contribution in [2.45, 2.75) is 46.1 Å². The van der Waals surface area contributed by atoms with Gasteiger partial charge in [0.15, 0.2) is 0 Å². The van der Waals surface area contributed by atoms with E-state index in [1.165, 1.54) is 31.5 Å². The zero-order valence-corrected chi connectivity index (χ0v) is 13.4. The molecule has 2 atom stereocenters. The summed E-state index contributed by atoms with van der Waals surface area (Å²) < 4.78 is 5.46. The molecule has 0 radical (unpaired) electrons. The fourth-order valence-electron chi connectivity index (χ4n) is 4.62. The molecule has 112 valence electrons. The maximum absolute atomic E-state index is 5.46. The number of benzene rings is 1. The van der Waals surface area contributed by atoms with Gasteiger partial charge in [0.05, 0.1) is 0 Å². The van der Waals surface area contributed by atoms with Crippen LogP contribution < -0.4 is 9.64 Å². The average Bonchev–Trinajstić information content (AvgIpc) is 2.66. The SMILES string of the molecule is C#CCOc1ccc(N2CC3(C)CC2CC(C)(C)C3)cc1. The lowest BCUT2D eigenvalue weighted by Gasteiger charge is -2.39. The first-order chi connectivity index (χ1) is 9.91. The van der Waals surface area contributed by atoms with Crippen LogP contribution in [0.25, 0.3) is 0 Å². The van der Waals surface area contributed by atoms with Gasteiger partial charge in [-0.25, -0.2) is 0 Å². The summed E-state index contributed by atoms with van der Waals surface area (Å²) in [6.45, 7) is 8.78. The summed E-state index contributed by atoms with van der Waals surface area (Å²) in [4.78, 5) is 2.60. The number of fused-ring (bicyclic) bond motifs is 2. The van der Waals surface area contributed by atoms with Gasteiger partial charge < -0.3 is 9.64 Å². The van der Waals surface area contributed by atoms with Gasteiger partial charge in [-0.1, -0.05) is 26.7 Å². The van der Waals surface area contributed by atoms with Crippen molar-refractivity contribution in [2.75, 3.05) is 18.1 Å². The fourth-order valence-corrected chi connectivity index (χ4v) is 4.62. The predicted molar refractivity (Wildman–Crippen MR) is 87.6 cm³/mol. The zero-order chi connectivity index (χ0) is 15.1. The summed E-state index contributed by atoms with van der Waals surface area (Å²) in [5.41, 5.74) is 2.24. The third-order valence-electron chi connectivity index (χ3n) is 4.91. The molecular formula is C19H25NO. The Balaban J connectivity index is 1.77. The number of rotatable bonds is 3. The van der Waals surface area contributed by atoms with Crippen LogP contribution >= 0.6 is 0 Å². The summed E-state index contributed by atoms with van der Waals surface area (Å²) in [6.07, 6.45) is 9.17. The van der Waals surface area contributed by atoms with E-state index >= 15 is 0 Å². The Morgan fingerprint density at radius 3 is 2.62 bits per heavy atom. The van der Waals surface area contributed by atoms with Crippen LogP contribution in [-0.2, 0) is 0 Å². The predicted octanol–water partition coefficient (Wildman–Crippen LogP) is 4.10. The second-order valence-electron chi connectivity index (χ2n) is 7.83. The standard InChI is InChI=1S/C19H25NO/c1-5-10-21-17-8-6-15(7-9-17)20-14-19(4)12-16(20)11-18(2,3)13-19/h1,6-9,16H,10-14H2,2-4H3. The highest BCUT2D eigenvalue weighted by Gasteiger charge is 2.49. The highest BCUT2D eigenvalue weighted by Crippen LogP contribution is 2.53. The number of nitrogens with zero attached hydrogens (tertiary/aromatic N) is 1. The smallest absolute Gasteiger partial charge is 0.148 e. The molecule has 1 aromatic rings. The first kappa shape index (κ1) is 14.3. The molecule has 21 heavy (non-hydrogen) atoms. The Morgan fingerprint density at radius 1 is 1.24 bits per heavy atom. The summed E-state index contributed by atoms with van der Waals surface area (Å²) in [7, 11) is 0. The van der Waals surface area contributed by atoms with Crippen molar-refractivity contribution in [2.24, 2.45) is 10.8 Å². The van der Waals surface area contributed by atoms with E-state index in [2.05, 4.69) is 43.7 Å². The molecular weight excluding hydrogens is 258 g/mol. The van der Waals surface area contributed by atoms with Crippen molar-refractivity contribution < 1.29 is 4.74 Å². The van der Waals surface area contributed by atoms with Crippen LogP contribution in [0.3, 0.4) is 0 Å². The number of anilines is 1. The van der Waals surface area contributed by atoms with Crippen LogP contribution in [0.2, 0.25) is 0 Å². The summed E-state index contributed by atoms with van der Waals surface area (Å²) in [5.74, 6) is 3.35. The van der Waals surface area contributed by atoms with Crippen LogP contribution in [0.5, 0.6) is 5.75 Å². The molecule has 1 aliphatic heterocycles. The second-order valence-corrected chi connectivity index (χ2v) is 7.83. The molecule has 3 rings (SSSR count). The molecule has 0 amide bonds. The van der Waals surface area contributed by atoms with E-state index in [9.17, 15) is 0 Å².